The SMILES string of the molecule is COCOC(C)(C)CCC/C=C1/[C@H](OC(=O)C(C)(C)C)C[C@H]2[C@@H](O[Si](C)(C)C(C)(C)C)CCC[C@]12C. The summed E-state index contributed by atoms with van der Waals surface area (Å²) in [5.41, 5.74) is 0.599. The van der Waals surface area contributed by atoms with E-state index in [4.69, 9.17) is 18.6 Å². The van der Waals surface area contributed by atoms with Crippen LogP contribution in [-0.4, -0.2) is 46.0 Å². The molecule has 0 amide bonds. The lowest BCUT2D eigenvalue weighted by molar-refractivity contribution is -0.156. The normalized spacial score (nSPS) is 28.9. The van der Waals surface area contributed by atoms with E-state index in [2.05, 4.69) is 60.7 Å². The smallest absolute Gasteiger partial charge is 0.311 e. The minimum atomic E-state index is -1.91. The highest BCUT2D eigenvalue weighted by molar-refractivity contribution is 6.74. The molecule has 0 spiro atoms. The lowest BCUT2D eigenvalue weighted by Crippen LogP contribution is -2.49. The van der Waals surface area contributed by atoms with Gasteiger partial charge in [0.25, 0.3) is 0 Å². The van der Waals surface area contributed by atoms with E-state index in [0.29, 0.717) is 12.7 Å². The highest BCUT2D eigenvalue weighted by Gasteiger charge is 2.55. The molecule has 0 aliphatic heterocycles. The molecule has 6 heteroatoms. The third-order valence-electron chi connectivity index (χ3n) is 8.95. The van der Waals surface area contributed by atoms with Gasteiger partial charge in [0.05, 0.1) is 11.0 Å². The van der Waals surface area contributed by atoms with Crippen LogP contribution in [0.25, 0.3) is 0 Å². The molecular weight excluding hydrogens is 468 g/mol. The maximum absolute atomic E-state index is 13.0. The monoisotopic (exact) mass is 524 g/mol. The fourth-order valence-corrected chi connectivity index (χ4v) is 6.91. The Morgan fingerprint density at radius 2 is 1.75 bits per heavy atom. The molecule has 2 aliphatic rings. The molecule has 0 radical (unpaired) electrons. The van der Waals surface area contributed by atoms with Gasteiger partial charge in [0, 0.05) is 13.2 Å². The third kappa shape index (κ3) is 7.67. The van der Waals surface area contributed by atoms with E-state index in [1.54, 1.807) is 7.11 Å². The Morgan fingerprint density at radius 1 is 1.11 bits per heavy atom. The van der Waals surface area contributed by atoms with Gasteiger partial charge in [-0.05, 0) is 108 Å². The second kappa shape index (κ2) is 11.6. The summed E-state index contributed by atoms with van der Waals surface area (Å²) in [4.78, 5) is 13.0. The topological polar surface area (TPSA) is 54.0 Å². The van der Waals surface area contributed by atoms with Crippen molar-refractivity contribution in [3.8, 4) is 0 Å². The van der Waals surface area contributed by atoms with Crippen LogP contribution in [0.15, 0.2) is 11.6 Å². The molecule has 0 aromatic carbocycles. The van der Waals surface area contributed by atoms with Crippen LogP contribution in [0.2, 0.25) is 18.1 Å². The second-order valence-electron chi connectivity index (χ2n) is 14.6. The average molecular weight is 525 g/mol. The number of carbonyl (C=O) groups excluding carboxylic acids is 1. The predicted molar refractivity (Wildman–Crippen MR) is 150 cm³/mol. The summed E-state index contributed by atoms with van der Waals surface area (Å²) < 4.78 is 24.2. The molecule has 5 nitrogen and oxygen atoms in total. The summed E-state index contributed by atoms with van der Waals surface area (Å²) in [6, 6.07) is 0. The van der Waals surface area contributed by atoms with E-state index >= 15 is 0 Å². The van der Waals surface area contributed by atoms with Crippen LogP contribution in [0.3, 0.4) is 0 Å². The van der Waals surface area contributed by atoms with Gasteiger partial charge in [0.1, 0.15) is 12.9 Å². The maximum Gasteiger partial charge on any atom is 0.311 e. The van der Waals surface area contributed by atoms with Crippen molar-refractivity contribution in [1.29, 1.82) is 0 Å². The van der Waals surface area contributed by atoms with Crippen LogP contribution < -0.4 is 0 Å². The molecule has 0 heterocycles. The van der Waals surface area contributed by atoms with Crippen molar-refractivity contribution in [1.82, 2.24) is 0 Å². The molecule has 210 valence electrons. The van der Waals surface area contributed by atoms with Crippen LogP contribution in [0.1, 0.15) is 107 Å². The first kappa shape index (κ1) is 31.5. The van der Waals surface area contributed by atoms with Crippen LogP contribution in [0.4, 0.5) is 0 Å². The van der Waals surface area contributed by atoms with Crippen LogP contribution in [-0.2, 0) is 23.4 Å². The van der Waals surface area contributed by atoms with Crippen LogP contribution >= 0.6 is 0 Å². The number of unbranched alkanes of at least 4 members (excludes halogenated alkanes) is 1. The van der Waals surface area contributed by atoms with Crippen molar-refractivity contribution >= 4 is 14.3 Å². The Kier molecular flexibility index (Phi) is 10.1. The quantitative estimate of drug-likeness (QED) is 0.0951. The lowest BCUT2D eigenvalue weighted by atomic mass is 9.66. The largest absolute Gasteiger partial charge is 0.457 e. The summed E-state index contributed by atoms with van der Waals surface area (Å²) in [6.45, 7) is 24.4. The van der Waals surface area contributed by atoms with Gasteiger partial charge in [-0.25, -0.2) is 0 Å². The summed E-state index contributed by atoms with van der Waals surface area (Å²) in [6.07, 6.45) is 9.64. The first-order valence-corrected chi connectivity index (χ1v) is 17.0. The van der Waals surface area contributed by atoms with E-state index in [0.717, 1.165) is 44.9 Å². The average Bonchev–Trinajstić information content (AvgIpc) is 3.00. The highest BCUT2D eigenvalue weighted by atomic mass is 28.4. The molecule has 0 aromatic heterocycles. The Balaban J connectivity index is 2.28. The molecule has 0 unspecified atom stereocenters. The molecular formula is C30H56O5Si. The first-order valence-electron chi connectivity index (χ1n) is 14.1. The van der Waals surface area contributed by atoms with E-state index in [9.17, 15) is 4.79 Å². The number of ether oxygens (including phenoxy) is 3. The number of methoxy groups -OCH3 is 1. The number of allylic oxidation sites excluding steroid dienone is 1. The maximum atomic E-state index is 13.0. The summed E-state index contributed by atoms with van der Waals surface area (Å²) in [5, 5.41) is 0.175. The third-order valence-corrected chi connectivity index (χ3v) is 13.5. The van der Waals surface area contributed by atoms with Gasteiger partial charge < -0.3 is 18.6 Å². The molecule has 2 aliphatic carbocycles. The molecule has 2 rings (SSSR count). The fraction of sp³-hybridized carbons (Fsp3) is 0.900. The van der Waals surface area contributed by atoms with E-state index in [-0.39, 0.29) is 34.2 Å². The fourth-order valence-electron chi connectivity index (χ4n) is 5.52. The lowest BCUT2D eigenvalue weighted by Gasteiger charge is -2.47. The van der Waals surface area contributed by atoms with Gasteiger partial charge in [-0.3, -0.25) is 4.79 Å². The van der Waals surface area contributed by atoms with Crippen molar-refractivity contribution in [2.45, 2.75) is 143 Å². The number of carbonyl (C=O) groups is 1. The van der Waals surface area contributed by atoms with E-state index in [1.807, 2.05) is 20.8 Å². The summed E-state index contributed by atoms with van der Waals surface area (Å²) in [5.74, 6) is 0.266. The number of esters is 1. The predicted octanol–water partition coefficient (Wildman–Crippen LogP) is 8.04. The molecule has 0 aromatic rings. The number of hydrogen-bond acceptors (Lipinski definition) is 5. The molecule has 0 N–H and O–H groups in total. The van der Waals surface area contributed by atoms with Crippen molar-refractivity contribution in [3.63, 3.8) is 0 Å². The summed E-state index contributed by atoms with van der Waals surface area (Å²) >= 11 is 0. The molecule has 36 heavy (non-hydrogen) atoms. The Labute approximate surface area is 223 Å². The molecule has 2 saturated carbocycles. The minimum absolute atomic E-state index is 0.0101. The van der Waals surface area contributed by atoms with E-state index < -0.39 is 13.7 Å². The van der Waals surface area contributed by atoms with Gasteiger partial charge in [0.2, 0.25) is 0 Å². The second-order valence-corrected chi connectivity index (χ2v) is 19.3. The zero-order valence-electron chi connectivity index (χ0n) is 25.5. The van der Waals surface area contributed by atoms with Gasteiger partial charge in [-0.2, -0.15) is 0 Å². The molecule has 0 bridgehead atoms. The Hall–Kier alpha value is -0.693. The van der Waals surface area contributed by atoms with Crippen molar-refractivity contribution in [2.75, 3.05) is 13.9 Å². The van der Waals surface area contributed by atoms with Gasteiger partial charge in [0.15, 0.2) is 8.32 Å². The number of fused-ring (bicyclic) bond motifs is 1. The van der Waals surface area contributed by atoms with Crippen LogP contribution in [0.5, 0.6) is 0 Å². The Morgan fingerprint density at radius 3 is 2.31 bits per heavy atom. The molecule has 2 fully saturated rings. The van der Waals surface area contributed by atoms with Gasteiger partial charge >= 0.3 is 5.97 Å². The number of hydrogen-bond donors (Lipinski definition) is 0. The number of rotatable bonds is 10. The van der Waals surface area contributed by atoms with E-state index in [1.165, 1.54) is 5.57 Å². The zero-order chi connectivity index (χ0) is 27.6. The van der Waals surface area contributed by atoms with Crippen LogP contribution in [0, 0.1) is 16.7 Å². The molecule has 0 saturated heterocycles. The van der Waals surface area contributed by atoms with Gasteiger partial charge in [-0.1, -0.05) is 40.2 Å². The summed E-state index contributed by atoms with van der Waals surface area (Å²) in [7, 11) is -0.250. The Bertz CT molecular complexity index is 773. The van der Waals surface area contributed by atoms with Gasteiger partial charge in [-0.15, -0.1) is 0 Å². The van der Waals surface area contributed by atoms with Crippen molar-refractivity contribution in [2.24, 2.45) is 16.7 Å². The first-order chi connectivity index (χ1) is 16.3. The van der Waals surface area contributed by atoms with Crippen molar-refractivity contribution in [3.05, 3.63) is 11.6 Å². The van der Waals surface area contributed by atoms with Crippen molar-refractivity contribution < 1.29 is 23.4 Å². The minimum Gasteiger partial charge on any atom is -0.457 e. The molecule has 4 atom stereocenters. The standard InChI is InChI=1S/C30H56O5Si/c1-27(2,3)26(31)34-25-20-23-24(35-36(11,12)28(4,5)6)17-15-19-30(23,9)22(25)16-13-14-18-29(7,8)33-21-32-10/h16,23-25H,13-15,17-21H2,1-12H3/b22-16-/t23-,24-,25+,30+/m0/s1. The highest BCUT2D eigenvalue weighted by Crippen LogP contribution is 2.58. The zero-order valence-corrected chi connectivity index (χ0v) is 26.5.